The molecular weight excluding hydrogens is 392 g/mol. The Labute approximate surface area is 187 Å². The molecule has 2 aromatic rings. The number of carbonyl (C=O) groups excluding carboxylic acids is 2. The maximum absolute atomic E-state index is 9.66. The fraction of sp³-hybridized carbons (Fsp3) is 0.440. The Balaban J connectivity index is 0.000000439. The van der Waals surface area contributed by atoms with E-state index in [1.165, 1.54) is 11.1 Å². The average Bonchev–Trinajstić information content (AvgIpc) is 2.61. The Kier molecular flexibility index (Phi) is 13.1. The van der Waals surface area contributed by atoms with E-state index in [1.54, 1.807) is 0 Å². The van der Waals surface area contributed by atoms with Crippen molar-refractivity contribution in [2.24, 2.45) is 0 Å². The van der Waals surface area contributed by atoms with Crippen LogP contribution >= 0.6 is 0 Å². The van der Waals surface area contributed by atoms with Gasteiger partial charge in [-0.15, -0.1) is 0 Å². The maximum Gasteiger partial charge on any atom is 0.104 e. The Hall–Kier alpha value is -2.70. The van der Waals surface area contributed by atoms with Crippen LogP contribution in [0, 0.1) is 0 Å². The molecule has 0 amide bonds. The molecule has 0 aliphatic heterocycles. The van der Waals surface area contributed by atoms with Gasteiger partial charge in [0.1, 0.15) is 13.1 Å². The van der Waals surface area contributed by atoms with E-state index in [-0.39, 0.29) is 19.3 Å². The zero-order chi connectivity index (χ0) is 23.9. The third-order valence-electron chi connectivity index (χ3n) is 3.76. The van der Waals surface area contributed by atoms with Crippen LogP contribution in [0.3, 0.4) is 0 Å². The lowest BCUT2D eigenvalue weighted by Gasteiger charge is -2.23. The minimum absolute atomic E-state index is 0.0880. The van der Waals surface area contributed by atoms with Crippen LogP contribution < -0.4 is 10.2 Å². The van der Waals surface area contributed by atoms with Gasteiger partial charge in [-0.25, -0.2) is 0 Å². The molecule has 0 aliphatic rings. The predicted molar refractivity (Wildman–Crippen MR) is 120 cm³/mol. The van der Waals surface area contributed by atoms with Crippen LogP contribution in [-0.4, -0.2) is 63.2 Å². The molecule has 0 heterocycles. The minimum Gasteiger partial charge on any atom is -0.550 e. The van der Waals surface area contributed by atoms with Crippen molar-refractivity contribution in [3.05, 3.63) is 71.8 Å². The van der Waals surface area contributed by atoms with E-state index in [0.29, 0.717) is 0 Å². The number of aliphatic carboxylic acids is 2. The highest BCUT2D eigenvalue weighted by molar-refractivity contribution is 5.67. The standard InChI is InChI=1S/2C10H16N.C5H8O4/c2*1-11(2,3)9-10-7-5-4-6-8-10;6-4(7)2-1-3-5(8)9/h2*4-8H,9H2,1-3H3;1-3H2,(H,6,7)(H,8,9)/q2*+1;/p-2. The van der Waals surface area contributed by atoms with Crippen LogP contribution in [0.25, 0.3) is 0 Å². The molecule has 0 fully saturated rings. The zero-order valence-electron chi connectivity index (χ0n) is 19.8. The summed E-state index contributed by atoms with van der Waals surface area (Å²) in [5.74, 6) is -2.45. The molecule has 2 aromatic carbocycles. The Bertz CT molecular complexity index is 683. The number of quaternary nitrogens is 2. The van der Waals surface area contributed by atoms with Crippen molar-refractivity contribution in [3.8, 4) is 0 Å². The largest absolute Gasteiger partial charge is 0.550 e. The van der Waals surface area contributed by atoms with E-state index in [4.69, 9.17) is 0 Å². The number of carboxylic acids is 2. The third kappa shape index (κ3) is 20.4. The number of hydrogen-bond acceptors (Lipinski definition) is 4. The summed E-state index contributed by atoms with van der Waals surface area (Å²) in [7, 11) is 13.2. The van der Waals surface area contributed by atoms with Crippen molar-refractivity contribution in [1.29, 1.82) is 0 Å². The van der Waals surface area contributed by atoms with Gasteiger partial charge in [-0.1, -0.05) is 60.7 Å². The van der Waals surface area contributed by atoms with Gasteiger partial charge in [0.05, 0.1) is 42.3 Å². The van der Waals surface area contributed by atoms with Gasteiger partial charge in [0.2, 0.25) is 0 Å². The van der Waals surface area contributed by atoms with Crippen LogP contribution in [-0.2, 0) is 22.7 Å². The molecule has 0 atom stereocenters. The fourth-order valence-corrected chi connectivity index (χ4v) is 2.64. The van der Waals surface area contributed by atoms with Crippen molar-refractivity contribution < 1.29 is 28.8 Å². The molecule has 0 saturated heterocycles. The van der Waals surface area contributed by atoms with Crippen LogP contribution in [0.15, 0.2) is 60.7 Å². The van der Waals surface area contributed by atoms with E-state index < -0.39 is 11.9 Å². The van der Waals surface area contributed by atoms with Crippen LogP contribution in [0.5, 0.6) is 0 Å². The summed E-state index contributed by atoms with van der Waals surface area (Å²) in [5.41, 5.74) is 2.81. The maximum atomic E-state index is 9.66. The van der Waals surface area contributed by atoms with Gasteiger partial charge in [-0.3, -0.25) is 0 Å². The lowest BCUT2D eigenvalue weighted by atomic mass is 10.2. The molecule has 6 heteroatoms. The summed E-state index contributed by atoms with van der Waals surface area (Å²) in [6.45, 7) is 2.20. The van der Waals surface area contributed by atoms with Gasteiger partial charge in [0, 0.05) is 23.1 Å². The molecule has 0 bridgehead atoms. The number of benzene rings is 2. The molecule has 0 aliphatic carbocycles. The first-order chi connectivity index (χ1) is 14.3. The topological polar surface area (TPSA) is 80.3 Å². The highest BCUT2D eigenvalue weighted by atomic mass is 16.4. The molecule has 2 rings (SSSR count). The summed E-state index contributed by atoms with van der Waals surface area (Å²) >= 11 is 0. The average molecular weight is 431 g/mol. The molecule has 0 unspecified atom stereocenters. The van der Waals surface area contributed by atoms with E-state index in [2.05, 4.69) is 103 Å². The fourth-order valence-electron chi connectivity index (χ4n) is 2.64. The smallest absolute Gasteiger partial charge is 0.104 e. The highest BCUT2D eigenvalue weighted by Gasteiger charge is 2.07. The van der Waals surface area contributed by atoms with E-state index in [1.807, 2.05) is 0 Å². The summed E-state index contributed by atoms with van der Waals surface area (Å²) in [6, 6.07) is 21.1. The number of hydrogen-bond donors (Lipinski definition) is 0. The van der Waals surface area contributed by atoms with Gasteiger partial charge in [0.15, 0.2) is 0 Å². The van der Waals surface area contributed by atoms with E-state index in [0.717, 1.165) is 22.1 Å². The normalized spacial score (nSPS) is 10.8. The molecule has 6 nitrogen and oxygen atoms in total. The SMILES string of the molecule is C[N+](C)(C)Cc1ccccc1.C[N+](C)(C)Cc1ccccc1.O=C([O-])CCCC(=O)[O-]. The minimum atomic E-state index is -1.23. The van der Waals surface area contributed by atoms with Gasteiger partial charge in [-0.05, 0) is 19.3 Å². The van der Waals surface area contributed by atoms with Gasteiger partial charge < -0.3 is 28.8 Å². The molecular formula is C25H38N2O4. The highest BCUT2D eigenvalue weighted by Crippen LogP contribution is 2.06. The van der Waals surface area contributed by atoms with Gasteiger partial charge >= 0.3 is 0 Å². The van der Waals surface area contributed by atoms with Crippen molar-refractivity contribution in [2.45, 2.75) is 32.4 Å². The number of carbonyl (C=O) groups is 2. The third-order valence-corrected chi connectivity index (χ3v) is 3.76. The first-order valence-electron chi connectivity index (χ1n) is 10.4. The van der Waals surface area contributed by atoms with E-state index in [9.17, 15) is 19.8 Å². The van der Waals surface area contributed by atoms with Crippen molar-refractivity contribution >= 4 is 11.9 Å². The summed E-state index contributed by atoms with van der Waals surface area (Å²) in [6.07, 6.45) is -0.341. The number of rotatable bonds is 8. The Morgan fingerprint density at radius 2 is 0.903 bits per heavy atom. The number of carboxylic acid groups (broad SMARTS) is 2. The molecule has 0 radical (unpaired) electrons. The second kappa shape index (κ2) is 14.3. The van der Waals surface area contributed by atoms with Crippen molar-refractivity contribution in [1.82, 2.24) is 0 Å². The lowest BCUT2D eigenvalue weighted by molar-refractivity contribution is -0.884. The summed E-state index contributed by atoms with van der Waals surface area (Å²) < 4.78 is 1.98. The molecule has 0 spiro atoms. The number of nitrogens with zero attached hydrogens (tertiary/aromatic N) is 2. The van der Waals surface area contributed by atoms with Crippen molar-refractivity contribution in [3.63, 3.8) is 0 Å². The Morgan fingerprint density at radius 3 is 1.13 bits per heavy atom. The molecule has 0 saturated carbocycles. The molecule has 31 heavy (non-hydrogen) atoms. The second-order valence-electron chi connectivity index (χ2n) is 9.47. The molecule has 0 aromatic heterocycles. The zero-order valence-corrected chi connectivity index (χ0v) is 19.8. The molecule has 172 valence electrons. The second-order valence-corrected chi connectivity index (χ2v) is 9.47. The van der Waals surface area contributed by atoms with E-state index >= 15 is 0 Å². The monoisotopic (exact) mass is 430 g/mol. The summed E-state index contributed by atoms with van der Waals surface area (Å²) in [5, 5.41) is 19.3. The first-order valence-corrected chi connectivity index (χ1v) is 10.4. The predicted octanol–water partition coefficient (Wildman–Crippen LogP) is 1.44. The van der Waals surface area contributed by atoms with Crippen LogP contribution in [0.1, 0.15) is 30.4 Å². The first kappa shape index (κ1) is 28.3. The molecule has 0 N–H and O–H groups in total. The van der Waals surface area contributed by atoms with Gasteiger partial charge in [-0.2, -0.15) is 0 Å². The Morgan fingerprint density at radius 1 is 0.613 bits per heavy atom. The quantitative estimate of drug-likeness (QED) is 0.594. The van der Waals surface area contributed by atoms with Crippen LogP contribution in [0.4, 0.5) is 0 Å². The van der Waals surface area contributed by atoms with Gasteiger partial charge in [0.25, 0.3) is 0 Å². The van der Waals surface area contributed by atoms with Crippen molar-refractivity contribution in [2.75, 3.05) is 42.3 Å². The lowest BCUT2D eigenvalue weighted by Crippen LogP contribution is -2.33. The van der Waals surface area contributed by atoms with Crippen LogP contribution in [0.2, 0.25) is 0 Å². The summed E-state index contributed by atoms with van der Waals surface area (Å²) in [4.78, 5) is 19.3.